The lowest BCUT2D eigenvalue weighted by atomic mass is 10.1. The molecular weight excluding hydrogens is 680 g/mol. The quantitative estimate of drug-likeness (QED) is 0.166. The summed E-state index contributed by atoms with van der Waals surface area (Å²) in [6.07, 6.45) is 1.66. The van der Waals surface area contributed by atoms with Crippen molar-refractivity contribution in [2.75, 3.05) is 13.2 Å². The molecule has 1 aliphatic heterocycles. The molecular formula is C25H19I2NO5S. The van der Waals surface area contributed by atoms with Gasteiger partial charge in [-0.25, -0.2) is 0 Å². The predicted molar refractivity (Wildman–Crippen MR) is 149 cm³/mol. The Labute approximate surface area is 228 Å². The first-order valence-corrected chi connectivity index (χ1v) is 13.3. The highest BCUT2D eigenvalue weighted by atomic mass is 127. The monoisotopic (exact) mass is 699 g/mol. The fraction of sp³-hybridized carbons (Fsp3) is 0.160. The first-order valence-electron chi connectivity index (χ1n) is 10.4. The second kappa shape index (κ2) is 11.1. The fourth-order valence-corrected chi connectivity index (χ4v) is 6.46. The number of thioether (sulfide) groups is 1. The largest absolute Gasteiger partial charge is 0.487 e. The minimum absolute atomic E-state index is 0.191. The van der Waals surface area contributed by atoms with Crippen molar-refractivity contribution in [2.45, 2.75) is 13.5 Å². The van der Waals surface area contributed by atoms with Crippen LogP contribution in [0.3, 0.4) is 0 Å². The van der Waals surface area contributed by atoms with Crippen LogP contribution in [-0.4, -0.2) is 35.2 Å². The molecule has 34 heavy (non-hydrogen) atoms. The predicted octanol–water partition coefficient (Wildman–Crippen LogP) is 6.23. The number of hydrogen-bond acceptors (Lipinski definition) is 6. The van der Waals surface area contributed by atoms with Gasteiger partial charge in [-0.3, -0.25) is 19.3 Å². The number of imide groups is 1. The summed E-state index contributed by atoms with van der Waals surface area (Å²) in [5.41, 5.74) is 1.87. The molecule has 0 bridgehead atoms. The lowest BCUT2D eigenvalue weighted by Gasteiger charge is -2.13. The number of nitrogens with zero attached hydrogens (tertiary/aromatic N) is 1. The molecule has 2 amide bonds. The van der Waals surface area contributed by atoms with Gasteiger partial charge in [-0.2, -0.15) is 0 Å². The third-order valence-corrected chi connectivity index (χ3v) is 7.55. The van der Waals surface area contributed by atoms with E-state index in [2.05, 4.69) is 69.4 Å². The van der Waals surface area contributed by atoms with E-state index in [4.69, 9.17) is 9.47 Å². The van der Waals surface area contributed by atoms with Gasteiger partial charge in [0.2, 0.25) is 0 Å². The maximum atomic E-state index is 12.6. The first kappa shape index (κ1) is 25.0. The Hall–Kier alpha value is -2.12. The SMILES string of the molecule is CCOC(=O)CN1C(=O)S/C(=C/c2cc(I)c(OCc3cccc4ccccc34)c(I)c2)C1=O. The Kier molecular flexibility index (Phi) is 8.14. The zero-order valence-corrected chi connectivity index (χ0v) is 23.2. The number of ether oxygens (including phenoxy) is 2. The van der Waals surface area contributed by atoms with Gasteiger partial charge in [-0.15, -0.1) is 0 Å². The molecule has 1 heterocycles. The van der Waals surface area contributed by atoms with Crippen LogP contribution < -0.4 is 4.74 Å². The van der Waals surface area contributed by atoms with Crippen molar-refractivity contribution in [1.29, 1.82) is 0 Å². The fourth-order valence-electron chi connectivity index (χ4n) is 3.49. The van der Waals surface area contributed by atoms with E-state index in [1.807, 2.05) is 30.3 Å². The molecule has 0 N–H and O–H groups in total. The second-order valence-electron chi connectivity index (χ2n) is 7.31. The van der Waals surface area contributed by atoms with E-state index in [0.717, 1.165) is 46.1 Å². The summed E-state index contributed by atoms with van der Waals surface area (Å²) in [5, 5.41) is 1.84. The number of amides is 2. The lowest BCUT2D eigenvalue weighted by Crippen LogP contribution is -2.34. The molecule has 174 valence electrons. The zero-order valence-electron chi connectivity index (χ0n) is 18.0. The topological polar surface area (TPSA) is 72.9 Å². The first-order chi connectivity index (χ1) is 16.4. The van der Waals surface area contributed by atoms with Crippen LogP contribution in [0.1, 0.15) is 18.1 Å². The van der Waals surface area contributed by atoms with E-state index in [1.165, 1.54) is 5.39 Å². The summed E-state index contributed by atoms with van der Waals surface area (Å²) in [6, 6.07) is 18.2. The van der Waals surface area contributed by atoms with E-state index in [9.17, 15) is 14.4 Å². The van der Waals surface area contributed by atoms with Gasteiger partial charge in [0.25, 0.3) is 11.1 Å². The number of hydrogen-bond donors (Lipinski definition) is 0. The van der Waals surface area contributed by atoms with E-state index in [1.54, 1.807) is 13.0 Å². The molecule has 1 saturated heterocycles. The summed E-state index contributed by atoms with van der Waals surface area (Å²) in [6.45, 7) is 1.91. The summed E-state index contributed by atoms with van der Waals surface area (Å²) in [4.78, 5) is 37.7. The number of rotatable bonds is 7. The summed E-state index contributed by atoms with van der Waals surface area (Å²) in [5.74, 6) is -0.339. The Morgan fingerprint density at radius 3 is 2.50 bits per heavy atom. The molecule has 0 radical (unpaired) electrons. The van der Waals surface area contributed by atoms with Crippen molar-refractivity contribution >= 4 is 90.9 Å². The van der Waals surface area contributed by atoms with Crippen LogP contribution in [-0.2, 0) is 20.9 Å². The summed E-state index contributed by atoms with van der Waals surface area (Å²) in [7, 11) is 0. The highest BCUT2D eigenvalue weighted by Gasteiger charge is 2.36. The molecule has 0 aliphatic carbocycles. The highest BCUT2D eigenvalue weighted by molar-refractivity contribution is 14.1. The lowest BCUT2D eigenvalue weighted by molar-refractivity contribution is -0.145. The van der Waals surface area contributed by atoms with Crippen molar-refractivity contribution in [3.05, 3.63) is 77.8 Å². The average Bonchev–Trinajstić information content (AvgIpc) is 3.06. The van der Waals surface area contributed by atoms with E-state index in [0.29, 0.717) is 6.61 Å². The number of benzene rings is 3. The van der Waals surface area contributed by atoms with Crippen LogP contribution in [0.15, 0.2) is 59.5 Å². The average molecular weight is 699 g/mol. The Balaban J connectivity index is 1.51. The summed E-state index contributed by atoms with van der Waals surface area (Å²) >= 11 is 5.23. The van der Waals surface area contributed by atoms with Crippen molar-refractivity contribution in [3.8, 4) is 5.75 Å². The highest BCUT2D eigenvalue weighted by Crippen LogP contribution is 2.35. The van der Waals surface area contributed by atoms with Crippen LogP contribution >= 0.6 is 56.9 Å². The molecule has 0 saturated carbocycles. The Morgan fingerprint density at radius 1 is 1.06 bits per heavy atom. The minimum Gasteiger partial charge on any atom is -0.487 e. The van der Waals surface area contributed by atoms with Gasteiger partial charge in [0.05, 0.1) is 18.7 Å². The molecule has 3 aromatic carbocycles. The van der Waals surface area contributed by atoms with Crippen molar-refractivity contribution in [2.24, 2.45) is 0 Å². The van der Waals surface area contributed by atoms with Crippen molar-refractivity contribution < 1.29 is 23.9 Å². The molecule has 6 nitrogen and oxygen atoms in total. The Bertz CT molecular complexity index is 1300. The number of fused-ring (bicyclic) bond motifs is 1. The standard InChI is InChI=1S/C25H19I2NO5S/c1-2-32-22(29)13-28-24(30)21(34-25(28)31)12-15-10-19(26)23(20(27)11-15)33-14-17-8-5-7-16-6-3-4-9-18(16)17/h3-12H,2,13-14H2,1H3/b21-12+. The molecule has 9 heteroatoms. The third kappa shape index (κ3) is 5.57. The van der Waals surface area contributed by atoms with Crippen LogP contribution in [0.4, 0.5) is 4.79 Å². The summed E-state index contributed by atoms with van der Waals surface area (Å²) < 4.78 is 12.8. The molecule has 0 spiro atoms. The van der Waals surface area contributed by atoms with Gasteiger partial charge in [0.15, 0.2) is 0 Å². The van der Waals surface area contributed by atoms with Gasteiger partial charge in [-0.1, -0.05) is 42.5 Å². The van der Waals surface area contributed by atoms with Crippen LogP contribution in [0.5, 0.6) is 5.75 Å². The van der Waals surface area contributed by atoms with Gasteiger partial charge in [0.1, 0.15) is 18.9 Å². The van der Waals surface area contributed by atoms with E-state index >= 15 is 0 Å². The molecule has 3 aromatic rings. The van der Waals surface area contributed by atoms with Crippen molar-refractivity contribution in [3.63, 3.8) is 0 Å². The van der Waals surface area contributed by atoms with Crippen LogP contribution in [0.2, 0.25) is 0 Å². The van der Waals surface area contributed by atoms with Gasteiger partial charge in [0, 0.05) is 0 Å². The van der Waals surface area contributed by atoms with Crippen LogP contribution in [0.25, 0.3) is 16.8 Å². The maximum Gasteiger partial charge on any atom is 0.326 e. The van der Waals surface area contributed by atoms with Crippen LogP contribution in [0, 0.1) is 7.14 Å². The molecule has 0 unspecified atom stereocenters. The smallest absolute Gasteiger partial charge is 0.326 e. The molecule has 1 aliphatic rings. The molecule has 0 aromatic heterocycles. The van der Waals surface area contributed by atoms with E-state index < -0.39 is 17.1 Å². The second-order valence-corrected chi connectivity index (χ2v) is 10.6. The minimum atomic E-state index is -0.608. The van der Waals surface area contributed by atoms with Gasteiger partial charge >= 0.3 is 5.97 Å². The molecule has 1 fully saturated rings. The van der Waals surface area contributed by atoms with Gasteiger partial charge < -0.3 is 9.47 Å². The molecule has 0 atom stereocenters. The Morgan fingerprint density at radius 2 is 1.76 bits per heavy atom. The number of carbonyl (C=O) groups excluding carboxylic acids is 3. The van der Waals surface area contributed by atoms with E-state index in [-0.39, 0.29) is 18.1 Å². The number of carbonyl (C=O) groups is 3. The van der Waals surface area contributed by atoms with Crippen molar-refractivity contribution in [1.82, 2.24) is 4.90 Å². The number of halogens is 2. The maximum absolute atomic E-state index is 12.6. The molecule has 4 rings (SSSR count). The zero-order chi connectivity index (χ0) is 24.2. The normalized spacial score (nSPS) is 14.8. The number of esters is 1. The van der Waals surface area contributed by atoms with Gasteiger partial charge in [-0.05, 0) is 104 Å². The third-order valence-electron chi connectivity index (χ3n) is 5.04.